The number of amides is 4. The van der Waals surface area contributed by atoms with E-state index in [2.05, 4.69) is 63.5 Å². The molecule has 0 aliphatic carbocycles. The van der Waals surface area contributed by atoms with Crippen LogP contribution in [0.4, 0.5) is 11.4 Å². The van der Waals surface area contributed by atoms with Gasteiger partial charge in [-0.25, -0.2) is 20.4 Å². The van der Waals surface area contributed by atoms with Gasteiger partial charge in [0.25, 0.3) is 11.8 Å². The van der Waals surface area contributed by atoms with Crippen LogP contribution in [0.2, 0.25) is 0 Å². The predicted octanol–water partition coefficient (Wildman–Crippen LogP) is 7.87. The van der Waals surface area contributed by atoms with Crippen molar-refractivity contribution < 1.29 is 38.2 Å². The molecule has 0 heterocycles. The second kappa shape index (κ2) is 20.4. The normalized spacial score (nSPS) is 10.8. The number of nitrogens with one attached hydrogen (secondary N) is 4. The molecule has 5 aromatic rings. The van der Waals surface area contributed by atoms with Crippen molar-refractivity contribution in [3.8, 4) is 11.5 Å². The molecule has 0 radical (unpaired) electrons. The third-order valence-corrected chi connectivity index (χ3v) is 8.95. The van der Waals surface area contributed by atoms with Crippen LogP contribution in [-0.2, 0) is 9.59 Å². The van der Waals surface area contributed by atoms with Crippen LogP contribution in [0.1, 0.15) is 79.2 Å². The van der Waals surface area contributed by atoms with Crippen LogP contribution >= 0.6 is 31.9 Å². The summed E-state index contributed by atoms with van der Waals surface area (Å²) in [5, 5.41) is 13.5. The summed E-state index contributed by atoms with van der Waals surface area (Å²) in [5.41, 5.74) is 6.99. The molecule has 16 heteroatoms. The number of rotatable bonds is 14. The molecule has 0 saturated carbocycles. The van der Waals surface area contributed by atoms with Crippen LogP contribution in [0.5, 0.6) is 11.5 Å². The highest BCUT2D eigenvalue weighted by molar-refractivity contribution is 9.10. The average molecular weight is 911 g/mol. The Hall–Kier alpha value is -6.78. The number of hydrogen-bond donors (Lipinski definition) is 4. The highest BCUT2D eigenvalue weighted by Gasteiger charge is 2.22. The van der Waals surface area contributed by atoms with E-state index in [1.54, 1.807) is 74.5 Å². The molecule has 0 spiro atoms. The predicted molar refractivity (Wildman–Crippen MR) is 225 cm³/mol. The van der Waals surface area contributed by atoms with E-state index < -0.39 is 23.8 Å². The minimum absolute atomic E-state index is 0.0815. The summed E-state index contributed by atoms with van der Waals surface area (Å²) in [5.74, 6) is -2.92. The van der Waals surface area contributed by atoms with E-state index in [1.807, 2.05) is 0 Å². The Labute approximate surface area is 349 Å². The number of carbonyl (C=O) groups is 6. The number of esters is 2. The van der Waals surface area contributed by atoms with Crippen molar-refractivity contribution in [2.45, 2.75) is 26.7 Å². The number of ether oxygens (including phenoxy) is 2. The average Bonchev–Trinajstić information content (AvgIpc) is 3.22. The minimum Gasteiger partial charge on any atom is -0.422 e. The van der Waals surface area contributed by atoms with Crippen LogP contribution < -0.4 is 31.0 Å². The number of carbonyl (C=O) groups excluding carboxylic acids is 6. The summed E-state index contributed by atoms with van der Waals surface area (Å²) in [7, 11) is 0. The maximum Gasteiger partial charge on any atom is 0.344 e. The maximum absolute atomic E-state index is 13.6. The molecule has 4 N–H and O–H groups in total. The minimum atomic E-state index is -0.870. The Morgan fingerprint density at radius 2 is 0.931 bits per heavy atom. The lowest BCUT2D eigenvalue weighted by atomic mass is 10.1. The highest BCUT2D eigenvalue weighted by Crippen LogP contribution is 2.26. The van der Waals surface area contributed by atoms with Crippen molar-refractivity contribution in [3.63, 3.8) is 0 Å². The number of anilines is 2. The van der Waals surface area contributed by atoms with Gasteiger partial charge in [-0.1, -0.05) is 57.8 Å². The third kappa shape index (κ3) is 11.9. The van der Waals surface area contributed by atoms with Gasteiger partial charge in [0.05, 0.1) is 23.6 Å². The molecule has 0 atom stereocenters. The molecule has 0 aromatic heterocycles. The second-order valence-corrected chi connectivity index (χ2v) is 13.9. The lowest BCUT2D eigenvalue weighted by Gasteiger charge is -2.12. The molecule has 5 aromatic carbocycles. The zero-order chi connectivity index (χ0) is 41.6. The monoisotopic (exact) mass is 908 g/mol. The van der Waals surface area contributed by atoms with Crippen molar-refractivity contribution >= 4 is 91.2 Å². The summed E-state index contributed by atoms with van der Waals surface area (Å²) < 4.78 is 12.7. The van der Waals surface area contributed by atoms with Gasteiger partial charge in [-0.2, -0.15) is 10.2 Å². The third-order valence-electron chi connectivity index (χ3n) is 7.96. The van der Waals surface area contributed by atoms with Crippen LogP contribution in [0, 0.1) is 0 Å². The topological polar surface area (TPSA) is 194 Å². The first-order chi connectivity index (χ1) is 27.9. The van der Waals surface area contributed by atoms with Gasteiger partial charge in [-0.15, -0.1) is 0 Å². The van der Waals surface area contributed by atoms with E-state index in [-0.39, 0.29) is 34.4 Å². The zero-order valence-electron chi connectivity index (χ0n) is 30.9. The van der Waals surface area contributed by atoms with Gasteiger partial charge in [0.2, 0.25) is 11.8 Å². The van der Waals surface area contributed by atoms with Gasteiger partial charge in [0.1, 0.15) is 11.5 Å². The lowest BCUT2D eigenvalue weighted by molar-refractivity contribution is -0.116. The van der Waals surface area contributed by atoms with E-state index in [1.165, 1.54) is 61.0 Å². The van der Waals surface area contributed by atoms with Gasteiger partial charge in [0, 0.05) is 55.4 Å². The molecule has 0 saturated heterocycles. The summed E-state index contributed by atoms with van der Waals surface area (Å²) in [4.78, 5) is 75.8. The Morgan fingerprint density at radius 1 is 0.552 bits per heavy atom. The summed E-state index contributed by atoms with van der Waals surface area (Å²) >= 11 is 6.77. The van der Waals surface area contributed by atoms with Crippen LogP contribution in [0.25, 0.3) is 0 Å². The molecule has 294 valence electrons. The summed E-state index contributed by atoms with van der Waals surface area (Å²) in [6, 6.07) is 28.0. The van der Waals surface area contributed by atoms with Crippen LogP contribution in [0.15, 0.2) is 128 Å². The molecular formula is C42H34Br2N6O8. The maximum atomic E-state index is 13.6. The first-order valence-electron chi connectivity index (χ1n) is 17.5. The van der Waals surface area contributed by atoms with E-state index in [0.29, 0.717) is 55.4 Å². The summed E-state index contributed by atoms with van der Waals surface area (Å²) in [6.07, 6.45) is 3.23. The second-order valence-electron chi connectivity index (χ2n) is 12.0. The fourth-order valence-electron chi connectivity index (χ4n) is 4.93. The zero-order valence-corrected chi connectivity index (χ0v) is 34.0. The number of hydrazone groups is 2. The molecule has 14 nitrogen and oxygen atoms in total. The lowest BCUT2D eigenvalue weighted by Crippen LogP contribution is -2.19. The first kappa shape index (κ1) is 42.4. The first-order valence-corrected chi connectivity index (χ1v) is 19.1. The molecule has 4 amide bonds. The van der Waals surface area contributed by atoms with E-state index in [4.69, 9.17) is 9.47 Å². The molecule has 58 heavy (non-hydrogen) atoms. The smallest absolute Gasteiger partial charge is 0.344 e. The molecule has 0 aliphatic rings. The van der Waals surface area contributed by atoms with E-state index in [0.717, 1.165) is 0 Å². The fraction of sp³-hybridized carbons (Fsp3) is 0.0952. The van der Waals surface area contributed by atoms with Crippen molar-refractivity contribution in [2.24, 2.45) is 10.2 Å². The highest BCUT2D eigenvalue weighted by atomic mass is 79.9. The molecule has 0 unspecified atom stereocenters. The van der Waals surface area contributed by atoms with Crippen molar-refractivity contribution in [3.05, 3.63) is 152 Å². The fourth-order valence-corrected chi connectivity index (χ4v) is 5.69. The molecular weight excluding hydrogens is 876 g/mol. The molecule has 0 bridgehead atoms. The van der Waals surface area contributed by atoms with Gasteiger partial charge in [-0.3, -0.25) is 19.2 Å². The van der Waals surface area contributed by atoms with E-state index >= 15 is 0 Å². The molecule has 0 fully saturated rings. The number of halogens is 2. The Balaban J connectivity index is 1.25. The van der Waals surface area contributed by atoms with Crippen molar-refractivity contribution in [1.82, 2.24) is 10.9 Å². The van der Waals surface area contributed by atoms with Crippen molar-refractivity contribution in [2.75, 3.05) is 10.6 Å². The Bertz CT molecular complexity index is 2250. The molecule has 5 rings (SSSR count). The van der Waals surface area contributed by atoms with Gasteiger partial charge in [-0.05, 0) is 97.1 Å². The largest absolute Gasteiger partial charge is 0.422 e. The van der Waals surface area contributed by atoms with E-state index in [9.17, 15) is 28.8 Å². The quantitative estimate of drug-likeness (QED) is 0.0374. The van der Waals surface area contributed by atoms with Gasteiger partial charge >= 0.3 is 11.9 Å². The standard InChI is InChI=1S/C42H34Br2N6O8/c1-3-37(51)47-31-15-9-25(10-16-31)39(53)49-45-23-27-21-29(43)13-19-35(27)57-41(55)33-7-5-6-8-34(33)42(56)58-36-20-14-30(44)22-28(36)24-46-50-40(54)26-11-17-32(18-12-26)48-38(52)4-2/h5-24H,3-4H2,1-2H3,(H,47,51)(H,48,52)(H,49,53)(H,50,54)/b45-23-,46-24-. The number of nitrogens with zero attached hydrogens (tertiary/aromatic N) is 2. The van der Waals surface area contributed by atoms with Gasteiger partial charge in [0.15, 0.2) is 0 Å². The van der Waals surface area contributed by atoms with Crippen LogP contribution in [-0.4, -0.2) is 48.0 Å². The Morgan fingerprint density at radius 3 is 1.29 bits per heavy atom. The summed E-state index contributed by atoms with van der Waals surface area (Å²) in [6.45, 7) is 3.47. The Kier molecular flexibility index (Phi) is 14.9. The van der Waals surface area contributed by atoms with Gasteiger partial charge < -0.3 is 20.1 Å². The number of benzene rings is 5. The molecule has 0 aliphatic heterocycles. The SMILES string of the molecule is CCC(=O)Nc1ccc(C(=O)N/N=C\c2cc(Br)ccc2OC(=O)c2ccccc2C(=O)Oc2ccc(Br)cc2/C=N\NC(=O)c2ccc(NC(=O)CC)cc2)cc1. The van der Waals surface area contributed by atoms with Crippen molar-refractivity contribution in [1.29, 1.82) is 0 Å². The number of hydrogen-bond acceptors (Lipinski definition) is 10. The van der Waals surface area contributed by atoms with Crippen LogP contribution in [0.3, 0.4) is 0 Å².